The van der Waals surface area contributed by atoms with E-state index in [-0.39, 0.29) is 5.76 Å². The zero-order chi connectivity index (χ0) is 13.8. The van der Waals surface area contributed by atoms with Gasteiger partial charge in [0.05, 0.1) is 18.8 Å². The highest BCUT2D eigenvalue weighted by atomic mass is 16.5. The maximum atomic E-state index is 11.4. The molecule has 0 radical (unpaired) electrons. The molecule has 0 unspecified atom stereocenters. The maximum Gasteiger partial charge on any atom is 0.374 e. The topological polar surface area (TPSA) is 62.9 Å². The van der Waals surface area contributed by atoms with E-state index in [2.05, 4.69) is 0 Å². The van der Waals surface area contributed by atoms with Crippen molar-refractivity contribution in [1.29, 1.82) is 0 Å². The fraction of sp³-hybridized carbons (Fsp3) is 0.615. The molecule has 0 aliphatic rings. The van der Waals surface area contributed by atoms with E-state index in [4.69, 9.17) is 9.15 Å². The minimum absolute atomic E-state index is 0.212. The van der Waals surface area contributed by atoms with Gasteiger partial charge in [-0.05, 0) is 40.0 Å². The third kappa shape index (κ3) is 4.89. The molecule has 0 bridgehead atoms. The molecule has 5 heteroatoms. The highest BCUT2D eigenvalue weighted by molar-refractivity contribution is 5.86. The Hall–Kier alpha value is -1.33. The van der Waals surface area contributed by atoms with Crippen LogP contribution in [0.5, 0.6) is 0 Å². The average Bonchev–Trinajstić information content (AvgIpc) is 2.63. The van der Waals surface area contributed by atoms with Crippen LogP contribution in [0.25, 0.3) is 0 Å². The van der Waals surface area contributed by atoms with E-state index in [1.54, 1.807) is 32.9 Å². The summed E-state index contributed by atoms with van der Waals surface area (Å²) in [4.78, 5) is 13.3. The molecule has 0 amide bonds. The van der Waals surface area contributed by atoms with Crippen molar-refractivity contribution in [1.82, 2.24) is 4.90 Å². The third-order valence-electron chi connectivity index (χ3n) is 2.22. The number of rotatable bonds is 6. The van der Waals surface area contributed by atoms with Crippen molar-refractivity contribution in [2.75, 3.05) is 20.2 Å². The van der Waals surface area contributed by atoms with Crippen LogP contribution < -0.4 is 0 Å². The quantitative estimate of drug-likeness (QED) is 0.783. The molecule has 5 nitrogen and oxygen atoms in total. The second-order valence-electron chi connectivity index (χ2n) is 4.97. The van der Waals surface area contributed by atoms with Crippen LogP contribution in [0.15, 0.2) is 16.5 Å². The van der Waals surface area contributed by atoms with Crippen LogP contribution in [0.1, 0.15) is 37.1 Å². The van der Waals surface area contributed by atoms with Crippen LogP contribution in [0.2, 0.25) is 0 Å². The van der Waals surface area contributed by atoms with E-state index in [1.165, 1.54) is 0 Å². The summed E-state index contributed by atoms with van der Waals surface area (Å²) in [5, 5.41) is 9.68. The van der Waals surface area contributed by atoms with Crippen molar-refractivity contribution < 1.29 is 19.1 Å². The predicted octanol–water partition coefficient (Wildman–Crippen LogP) is 1.66. The average molecular weight is 255 g/mol. The number of furan rings is 1. The molecule has 18 heavy (non-hydrogen) atoms. The van der Waals surface area contributed by atoms with E-state index >= 15 is 0 Å². The van der Waals surface area contributed by atoms with Crippen molar-refractivity contribution in [3.8, 4) is 0 Å². The Kier molecular flexibility index (Phi) is 4.93. The van der Waals surface area contributed by atoms with Gasteiger partial charge in [-0.15, -0.1) is 0 Å². The lowest BCUT2D eigenvalue weighted by molar-refractivity contribution is 0.0392. The maximum absolute atomic E-state index is 11.4. The van der Waals surface area contributed by atoms with E-state index in [9.17, 15) is 9.90 Å². The molecule has 102 valence electrons. The van der Waals surface area contributed by atoms with Gasteiger partial charge in [0.25, 0.3) is 0 Å². The second kappa shape index (κ2) is 6.02. The molecule has 1 rings (SSSR count). The molecule has 0 aromatic carbocycles. The lowest BCUT2D eigenvalue weighted by Gasteiger charge is -2.24. The van der Waals surface area contributed by atoms with Gasteiger partial charge in [0.2, 0.25) is 5.76 Å². The molecule has 0 saturated carbocycles. The first-order chi connectivity index (χ1) is 8.31. The van der Waals surface area contributed by atoms with Gasteiger partial charge in [0, 0.05) is 6.54 Å². The van der Waals surface area contributed by atoms with Gasteiger partial charge in [-0.3, -0.25) is 4.90 Å². The molecule has 0 saturated heterocycles. The molecular weight excluding hydrogens is 234 g/mol. The monoisotopic (exact) mass is 255 g/mol. The van der Waals surface area contributed by atoms with Crippen molar-refractivity contribution in [3.05, 3.63) is 23.7 Å². The first-order valence-corrected chi connectivity index (χ1v) is 5.98. The van der Waals surface area contributed by atoms with E-state index < -0.39 is 11.6 Å². The third-order valence-corrected chi connectivity index (χ3v) is 2.22. The van der Waals surface area contributed by atoms with E-state index in [0.717, 1.165) is 0 Å². The Morgan fingerprint density at radius 3 is 2.72 bits per heavy atom. The molecule has 0 spiro atoms. The number of hydrogen-bond donors (Lipinski definition) is 1. The minimum atomic E-state index is -0.759. The smallest absolute Gasteiger partial charge is 0.374 e. The van der Waals surface area contributed by atoms with Crippen LogP contribution in [0.3, 0.4) is 0 Å². The van der Waals surface area contributed by atoms with Gasteiger partial charge in [-0.2, -0.15) is 0 Å². The molecule has 0 fully saturated rings. The Morgan fingerprint density at radius 1 is 1.50 bits per heavy atom. The van der Waals surface area contributed by atoms with Gasteiger partial charge in [0.15, 0.2) is 0 Å². The molecule has 1 N–H and O–H groups in total. The predicted molar refractivity (Wildman–Crippen MR) is 67.3 cm³/mol. The van der Waals surface area contributed by atoms with E-state index in [1.807, 2.05) is 11.9 Å². The van der Waals surface area contributed by atoms with Crippen LogP contribution in [0.4, 0.5) is 0 Å². The van der Waals surface area contributed by atoms with Crippen LogP contribution >= 0.6 is 0 Å². The van der Waals surface area contributed by atoms with Crippen molar-refractivity contribution >= 4 is 5.97 Å². The van der Waals surface area contributed by atoms with Crippen LogP contribution in [-0.2, 0) is 11.3 Å². The SMILES string of the molecule is CCOC(=O)c1ccc(CN(C)CC(C)(C)O)o1. The number of nitrogens with zero attached hydrogens (tertiary/aromatic N) is 1. The number of ether oxygens (including phenoxy) is 1. The molecule has 1 aromatic rings. The largest absolute Gasteiger partial charge is 0.460 e. The number of likely N-dealkylation sites (N-methyl/N-ethyl adjacent to an activating group) is 1. The fourth-order valence-electron chi connectivity index (χ4n) is 1.76. The summed E-state index contributed by atoms with van der Waals surface area (Å²) < 4.78 is 10.2. The highest BCUT2D eigenvalue weighted by Gasteiger charge is 2.17. The van der Waals surface area contributed by atoms with Crippen LogP contribution in [0, 0.1) is 0 Å². The number of hydrogen-bond acceptors (Lipinski definition) is 5. The Morgan fingerprint density at radius 2 is 2.17 bits per heavy atom. The summed E-state index contributed by atoms with van der Waals surface area (Å²) in [7, 11) is 1.88. The number of esters is 1. The fourth-order valence-corrected chi connectivity index (χ4v) is 1.76. The summed E-state index contributed by atoms with van der Waals surface area (Å²) in [6.45, 7) is 6.61. The van der Waals surface area contributed by atoms with Gasteiger partial charge < -0.3 is 14.3 Å². The lowest BCUT2D eigenvalue weighted by Crippen LogP contribution is -2.35. The Labute approximate surface area is 107 Å². The minimum Gasteiger partial charge on any atom is -0.460 e. The summed E-state index contributed by atoms with van der Waals surface area (Å²) in [5.74, 6) is 0.433. The van der Waals surface area contributed by atoms with Gasteiger partial charge in [0.1, 0.15) is 5.76 Å². The molecule has 1 aromatic heterocycles. The van der Waals surface area contributed by atoms with Crippen molar-refractivity contribution in [2.24, 2.45) is 0 Å². The first-order valence-electron chi connectivity index (χ1n) is 5.98. The van der Waals surface area contributed by atoms with Crippen LogP contribution in [-0.4, -0.2) is 41.8 Å². The van der Waals surface area contributed by atoms with Crippen molar-refractivity contribution in [2.45, 2.75) is 32.9 Å². The molecule has 0 aliphatic heterocycles. The summed E-state index contributed by atoms with van der Waals surface area (Å²) >= 11 is 0. The van der Waals surface area contributed by atoms with Crippen molar-refractivity contribution in [3.63, 3.8) is 0 Å². The molecule has 0 atom stereocenters. The zero-order valence-electron chi connectivity index (χ0n) is 11.4. The summed E-state index contributed by atoms with van der Waals surface area (Å²) in [6, 6.07) is 3.35. The molecular formula is C13H21NO4. The Bertz CT molecular complexity index is 392. The van der Waals surface area contributed by atoms with Gasteiger partial charge in [-0.1, -0.05) is 0 Å². The lowest BCUT2D eigenvalue weighted by atomic mass is 10.1. The molecule has 1 heterocycles. The summed E-state index contributed by atoms with van der Waals surface area (Å²) in [6.07, 6.45) is 0. The standard InChI is InChI=1S/C13H21NO4/c1-5-17-12(15)11-7-6-10(18-11)8-14(4)9-13(2,3)16/h6-7,16H,5,8-9H2,1-4H3. The number of carbonyl (C=O) groups excluding carboxylic acids is 1. The van der Waals surface area contributed by atoms with Gasteiger partial charge in [-0.25, -0.2) is 4.79 Å². The zero-order valence-corrected chi connectivity index (χ0v) is 11.4. The Balaban J connectivity index is 2.56. The van der Waals surface area contributed by atoms with Gasteiger partial charge >= 0.3 is 5.97 Å². The molecule has 0 aliphatic carbocycles. The highest BCUT2D eigenvalue weighted by Crippen LogP contribution is 2.13. The van der Waals surface area contributed by atoms with E-state index in [0.29, 0.717) is 25.5 Å². The summed E-state index contributed by atoms with van der Waals surface area (Å²) in [5.41, 5.74) is -0.759. The normalized spacial score (nSPS) is 11.9. The number of carbonyl (C=O) groups is 1. The first kappa shape index (κ1) is 14.7. The second-order valence-corrected chi connectivity index (χ2v) is 4.97. The number of aliphatic hydroxyl groups is 1.